The maximum atomic E-state index is 12.7. The second-order valence-corrected chi connectivity index (χ2v) is 5.76. The lowest BCUT2D eigenvalue weighted by Gasteiger charge is -2.37. The molecule has 0 amide bonds. The van der Waals surface area contributed by atoms with Gasteiger partial charge in [0.25, 0.3) is 0 Å². The molecule has 0 saturated heterocycles. The number of likely N-dealkylation sites (N-methyl/N-ethyl adjacent to an activating group) is 1. The fraction of sp³-hybridized carbons (Fsp3) is 0.533. The predicted molar refractivity (Wildman–Crippen MR) is 75.3 cm³/mol. The first-order chi connectivity index (χ1) is 9.93. The van der Waals surface area contributed by atoms with Crippen LogP contribution in [0.2, 0.25) is 0 Å². The number of guanidine groups is 1. The first-order valence-electron chi connectivity index (χ1n) is 7.13. The van der Waals surface area contributed by atoms with Crippen molar-refractivity contribution in [1.82, 2.24) is 10.2 Å². The summed E-state index contributed by atoms with van der Waals surface area (Å²) < 4.78 is 38.1. The lowest BCUT2D eigenvalue weighted by Crippen LogP contribution is -2.47. The Balaban J connectivity index is 1.59. The molecule has 0 unspecified atom stereocenters. The minimum atomic E-state index is -4.27. The topological polar surface area (TPSA) is 27.6 Å². The highest BCUT2D eigenvalue weighted by Crippen LogP contribution is 2.39. The third kappa shape index (κ3) is 2.99. The lowest BCUT2D eigenvalue weighted by molar-refractivity contribution is -0.137. The van der Waals surface area contributed by atoms with Gasteiger partial charge in [0, 0.05) is 19.6 Å². The van der Waals surface area contributed by atoms with Gasteiger partial charge in [0.1, 0.15) is 0 Å². The largest absolute Gasteiger partial charge is 0.416 e. The van der Waals surface area contributed by atoms with Crippen LogP contribution in [0.1, 0.15) is 29.9 Å². The Morgan fingerprint density at radius 3 is 2.67 bits per heavy atom. The van der Waals surface area contributed by atoms with Gasteiger partial charge in [-0.25, -0.2) is 0 Å². The quantitative estimate of drug-likeness (QED) is 0.909. The fourth-order valence-electron chi connectivity index (χ4n) is 2.85. The van der Waals surface area contributed by atoms with E-state index in [9.17, 15) is 13.2 Å². The molecule has 1 aliphatic carbocycles. The number of halogens is 3. The summed E-state index contributed by atoms with van der Waals surface area (Å²) in [6, 6.07) is 5.99. The van der Waals surface area contributed by atoms with E-state index in [2.05, 4.69) is 15.2 Å². The van der Waals surface area contributed by atoms with E-state index in [0.717, 1.165) is 43.5 Å². The third-order valence-corrected chi connectivity index (χ3v) is 4.22. The van der Waals surface area contributed by atoms with Crippen molar-refractivity contribution in [2.24, 2.45) is 4.99 Å². The summed E-state index contributed by atoms with van der Waals surface area (Å²) >= 11 is 0. The molecule has 1 N–H and O–H groups in total. The number of alkyl halides is 3. The summed E-state index contributed by atoms with van der Waals surface area (Å²) in [4.78, 5) is 6.43. The van der Waals surface area contributed by atoms with Crippen molar-refractivity contribution in [3.8, 4) is 0 Å². The standard InChI is InChI=1S/C15H18F3N3/c1-21-6-5-19-14(21)20-13-8-11(9-13)10-3-2-4-12(7-10)15(16,17)18/h2-4,7,11,13H,5-6,8-9H2,1H3,(H,19,20). The molecule has 0 radical (unpaired) electrons. The van der Waals surface area contributed by atoms with Gasteiger partial charge in [-0.05, 0) is 30.4 Å². The van der Waals surface area contributed by atoms with Crippen molar-refractivity contribution in [1.29, 1.82) is 0 Å². The third-order valence-electron chi connectivity index (χ3n) is 4.22. The monoisotopic (exact) mass is 297 g/mol. The van der Waals surface area contributed by atoms with Crippen LogP contribution in [0.4, 0.5) is 13.2 Å². The van der Waals surface area contributed by atoms with Gasteiger partial charge in [0.15, 0.2) is 5.96 Å². The minimum absolute atomic E-state index is 0.206. The van der Waals surface area contributed by atoms with E-state index < -0.39 is 11.7 Å². The van der Waals surface area contributed by atoms with Crippen molar-refractivity contribution in [2.75, 3.05) is 20.1 Å². The zero-order valence-corrected chi connectivity index (χ0v) is 11.8. The SMILES string of the molecule is CN1CCN=C1NC1CC(c2cccc(C(F)(F)F)c2)C1. The molecule has 1 saturated carbocycles. The van der Waals surface area contributed by atoms with Gasteiger partial charge in [-0.3, -0.25) is 4.99 Å². The average molecular weight is 297 g/mol. The normalized spacial score (nSPS) is 25.5. The number of nitrogens with zero attached hydrogens (tertiary/aromatic N) is 2. The van der Waals surface area contributed by atoms with E-state index in [1.54, 1.807) is 6.07 Å². The minimum Gasteiger partial charge on any atom is -0.353 e. The number of rotatable bonds is 2. The summed E-state index contributed by atoms with van der Waals surface area (Å²) in [7, 11) is 1.99. The molecular weight excluding hydrogens is 279 g/mol. The molecule has 0 atom stereocenters. The van der Waals surface area contributed by atoms with Gasteiger partial charge >= 0.3 is 6.18 Å². The van der Waals surface area contributed by atoms with Crippen LogP contribution in [-0.4, -0.2) is 37.0 Å². The smallest absolute Gasteiger partial charge is 0.353 e. The first kappa shape index (κ1) is 14.2. The van der Waals surface area contributed by atoms with E-state index in [0.29, 0.717) is 6.04 Å². The van der Waals surface area contributed by atoms with Crippen LogP contribution in [0.5, 0.6) is 0 Å². The van der Waals surface area contributed by atoms with Gasteiger partial charge in [-0.15, -0.1) is 0 Å². The molecular formula is C15H18F3N3. The molecule has 3 nitrogen and oxygen atoms in total. The van der Waals surface area contributed by atoms with Crippen molar-refractivity contribution in [3.63, 3.8) is 0 Å². The van der Waals surface area contributed by atoms with Crippen LogP contribution in [0, 0.1) is 0 Å². The van der Waals surface area contributed by atoms with Crippen molar-refractivity contribution in [2.45, 2.75) is 31.0 Å². The fourth-order valence-corrected chi connectivity index (χ4v) is 2.85. The van der Waals surface area contributed by atoms with Crippen molar-refractivity contribution < 1.29 is 13.2 Å². The second-order valence-electron chi connectivity index (χ2n) is 5.76. The number of benzene rings is 1. The molecule has 21 heavy (non-hydrogen) atoms. The van der Waals surface area contributed by atoms with Crippen LogP contribution in [0.15, 0.2) is 29.3 Å². The summed E-state index contributed by atoms with van der Waals surface area (Å²) in [6.45, 7) is 1.73. The summed E-state index contributed by atoms with van der Waals surface area (Å²) in [5.41, 5.74) is 0.223. The van der Waals surface area contributed by atoms with Gasteiger partial charge in [-0.2, -0.15) is 13.2 Å². The molecule has 3 rings (SSSR count). The molecule has 0 bridgehead atoms. The van der Waals surface area contributed by atoms with Crippen LogP contribution in [0.3, 0.4) is 0 Å². The molecule has 1 heterocycles. The van der Waals surface area contributed by atoms with Gasteiger partial charge in [0.05, 0.1) is 12.1 Å². The average Bonchev–Trinajstić information content (AvgIpc) is 2.78. The highest BCUT2D eigenvalue weighted by Gasteiger charge is 2.35. The molecule has 1 aliphatic heterocycles. The Morgan fingerprint density at radius 2 is 2.05 bits per heavy atom. The number of hydrogen-bond donors (Lipinski definition) is 1. The Kier molecular flexibility index (Phi) is 3.55. The van der Waals surface area contributed by atoms with Crippen molar-refractivity contribution >= 4 is 5.96 Å². The van der Waals surface area contributed by atoms with E-state index in [-0.39, 0.29) is 5.92 Å². The van der Waals surface area contributed by atoms with Crippen molar-refractivity contribution in [3.05, 3.63) is 35.4 Å². The molecule has 1 fully saturated rings. The highest BCUT2D eigenvalue weighted by molar-refractivity contribution is 5.81. The first-order valence-corrected chi connectivity index (χ1v) is 7.13. The Hall–Kier alpha value is -1.72. The molecule has 6 heteroatoms. The molecule has 1 aromatic carbocycles. The van der Waals surface area contributed by atoms with Gasteiger partial charge in [-0.1, -0.05) is 18.2 Å². The van der Waals surface area contributed by atoms with E-state index >= 15 is 0 Å². The maximum absolute atomic E-state index is 12.7. The molecule has 1 aromatic rings. The highest BCUT2D eigenvalue weighted by atomic mass is 19.4. The van der Waals surface area contributed by atoms with Crippen LogP contribution < -0.4 is 5.32 Å². The summed E-state index contributed by atoms with van der Waals surface area (Å²) in [5.74, 6) is 1.11. The molecule has 114 valence electrons. The summed E-state index contributed by atoms with van der Waals surface area (Å²) in [6.07, 6.45) is -2.55. The lowest BCUT2D eigenvalue weighted by atomic mass is 9.75. The Morgan fingerprint density at radius 1 is 1.29 bits per heavy atom. The Labute approximate surface area is 121 Å². The predicted octanol–water partition coefficient (Wildman–Crippen LogP) is 2.84. The van der Waals surface area contributed by atoms with Crippen LogP contribution in [0.25, 0.3) is 0 Å². The molecule has 0 spiro atoms. The number of hydrogen-bond acceptors (Lipinski definition) is 3. The van der Waals surface area contributed by atoms with Crippen LogP contribution in [-0.2, 0) is 6.18 Å². The number of nitrogens with one attached hydrogen (secondary N) is 1. The zero-order chi connectivity index (χ0) is 15.0. The van der Waals surface area contributed by atoms with Gasteiger partial charge in [0.2, 0.25) is 0 Å². The van der Waals surface area contributed by atoms with Crippen LogP contribution >= 0.6 is 0 Å². The van der Waals surface area contributed by atoms with E-state index in [4.69, 9.17) is 0 Å². The molecule has 2 aliphatic rings. The molecule has 0 aromatic heterocycles. The summed E-state index contributed by atoms with van der Waals surface area (Å²) in [5, 5.41) is 3.36. The number of aliphatic imine (C=N–C) groups is 1. The maximum Gasteiger partial charge on any atom is 0.416 e. The van der Waals surface area contributed by atoms with Gasteiger partial charge < -0.3 is 10.2 Å². The van der Waals surface area contributed by atoms with E-state index in [1.165, 1.54) is 12.1 Å². The second kappa shape index (κ2) is 5.24. The zero-order valence-electron chi connectivity index (χ0n) is 11.8. The van der Waals surface area contributed by atoms with E-state index in [1.807, 2.05) is 7.05 Å². The Bertz CT molecular complexity index is 547.